The molecule has 0 radical (unpaired) electrons. The van der Waals surface area contributed by atoms with Gasteiger partial charge in [0.2, 0.25) is 0 Å². The molecule has 0 spiro atoms. The van der Waals surface area contributed by atoms with E-state index in [-0.39, 0.29) is 0 Å². The van der Waals surface area contributed by atoms with Crippen molar-refractivity contribution in [1.82, 2.24) is 0 Å². The molecular formula is C15H19NO2. The highest BCUT2D eigenvalue weighted by atomic mass is 16.5. The van der Waals surface area contributed by atoms with Crippen LogP contribution in [0.2, 0.25) is 0 Å². The third kappa shape index (κ3) is 2.74. The summed E-state index contributed by atoms with van der Waals surface area (Å²) in [6.07, 6.45) is 0.960. The standard InChI is InChI=1S/C15H19NO2/c1-3-12-6-4-5-7-14(12)17-10-13-8-11(2)15(9-16)18-13/h4-8H,3,9-10,16H2,1-2H3. The molecule has 0 atom stereocenters. The zero-order chi connectivity index (χ0) is 13.0. The van der Waals surface area contributed by atoms with Gasteiger partial charge in [-0.05, 0) is 36.6 Å². The molecule has 96 valence electrons. The van der Waals surface area contributed by atoms with Gasteiger partial charge in [0.1, 0.15) is 23.9 Å². The molecule has 3 nitrogen and oxygen atoms in total. The van der Waals surface area contributed by atoms with E-state index < -0.39 is 0 Å². The Balaban J connectivity index is 2.06. The van der Waals surface area contributed by atoms with Crippen LogP contribution < -0.4 is 10.5 Å². The first-order valence-electron chi connectivity index (χ1n) is 6.23. The molecular weight excluding hydrogens is 226 g/mol. The summed E-state index contributed by atoms with van der Waals surface area (Å²) in [4.78, 5) is 0. The van der Waals surface area contributed by atoms with Crippen LogP contribution in [0.25, 0.3) is 0 Å². The highest BCUT2D eigenvalue weighted by Crippen LogP contribution is 2.21. The Bertz CT molecular complexity index is 517. The van der Waals surface area contributed by atoms with E-state index in [9.17, 15) is 0 Å². The molecule has 0 amide bonds. The highest BCUT2D eigenvalue weighted by Gasteiger charge is 2.07. The maximum absolute atomic E-state index is 5.79. The van der Waals surface area contributed by atoms with Crippen LogP contribution in [0.3, 0.4) is 0 Å². The lowest BCUT2D eigenvalue weighted by atomic mass is 10.1. The largest absolute Gasteiger partial charge is 0.485 e. The molecule has 0 saturated carbocycles. The predicted octanol–water partition coefficient (Wildman–Crippen LogP) is 3.19. The number of furan rings is 1. The molecule has 2 N–H and O–H groups in total. The van der Waals surface area contributed by atoms with Gasteiger partial charge in [-0.3, -0.25) is 0 Å². The minimum absolute atomic E-state index is 0.428. The number of aryl methyl sites for hydroxylation is 2. The maximum Gasteiger partial charge on any atom is 0.146 e. The van der Waals surface area contributed by atoms with Crippen LogP contribution in [0.5, 0.6) is 5.75 Å². The molecule has 1 aromatic carbocycles. The molecule has 3 heteroatoms. The minimum atomic E-state index is 0.428. The van der Waals surface area contributed by atoms with E-state index in [2.05, 4.69) is 13.0 Å². The average Bonchev–Trinajstić information content (AvgIpc) is 2.77. The van der Waals surface area contributed by atoms with Gasteiger partial charge in [-0.1, -0.05) is 25.1 Å². The Kier molecular flexibility index (Phi) is 4.05. The summed E-state index contributed by atoms with van der Waals surface area (Å²) in [5.41, 5.74) is 7.87. The Morgan fingerprint density at radius 3 is 2.72 bits per heavy atom. The molecule has 1 heterocycles. The van der Waals surface area contributed by atoms with Crippen molar-refractivity contribution >= 4 is 0 Å². The van der Waals surface area contributed by atoms with Gasteiger partial charge < -0.3 is 14.9 Å². The van der Waals surface area contributed by atoms with Crippen LogP contribution >= 0.6 is 0 Å². The molecule has 0 aliphatic heterocycles. The van der Waals surface area contributed by atoms with Gasteiger partial charge in [-0.2, -0.15) is 0 Å². The van der Waals surface area contributed by atoms with Crippen molar-refractivity contribution < 1.29 is 9.15 Å². The van der Waals surface area contributed by atoms with Crippen LogP contribution in [-0.4, -0.2) is 0 Å². The van der Waals surface area contributed by atoms with E-state index in [4.69, 9.17) is 14.9 Å². The van der Waals surface area contributed by atoms with Crippen molar-refractivity contribution in [2.24, 2.45) is 5.73 Å². The summed E-state index contributed by atoms with van der Waals surface area (Å²) < 4.78 is 11.4. The van der Waals surface area contributed by atoms with Crippen molar-refractivity contribution in [3.05, 3.63) is 53.0 Å². The Labute approximate surface area is 108 Å². The lowest BCUT2D eigenvalue weighted by Gasteiger charge is -2.08. The summed E-state index contributed by atoms with van der Waals surface area (Å²) >= 11 is 0. The molecule has 2 rings (SSSR count). The van der Waals surface area contributed by atoms with E-state index in [1.165, 1.54) is 5.56 Å². The zero-order valence-corrected chi connectivity index (χ0v) is 10.9. The summed E-state index contributed by atoms with van der Waals surface area (Å²) in [5, 5.41) is 0. The van der Waals surface area contributed by atoms with Crippen molar-refractivity contribution in [3.63, 3.8) is 0 Å². The first-order chi connectivity index (χ1) is 8.74. The fourth-order valence-corrected chi connectivity index (χ4v) is 1.95. The van der Waals surface area contributed by atoms with Crippen molar-refractivity contribution in [2.75, 3.05) is 0 Å². The summed E-state index contributed by atoms with van der Waals surface area (Å²) in [6, 6.07) is 10.0. The fraction of sp³-hybridized carbons (Fsp3) is 0.333. The molecule has 0 fully saturated rings. The number of hydrogen-bond donors (Lipinski definition) is 1. The number of para-hydroxylation sites is 1. The van der Waals surface area contributed by atoms with E-state index in [1.807, 2.05) is 31.2 Å². The van der Waals surface area contributed by atoms with E-state index in [0.29, 0.717) is 13.2 Å². The Morgan fingerprint density at radius 1 is 1.28 bits per heavy atom. The molecule has 0 saturated heterocycles. The molecule has 0 aliphatic carbocycles. The Hall–Kier alpha value is -1.74. The van der Waals surface area contributed by atoms with Gasteiger partial charge in [0, 0.05) is 0 Å². The molecule has 1 aromatic heterocycles. The lowest BCUT2D eigenvalue weighted by Crippen LogP contribution is -1.97. The predicted molar refractivity (Wildman–Crippen MR) is 71.5 cm³/mol. The summed E-state index contributed by atoms with van der Waals surface area (Å²) in [7, 11) is 0. The average molecular weight is 245 g/mol. The van der Waals surface area contributed by atoms with Gasteiger partial charge in [-0.25, -0.2) is 0 Å². The number of hydrogen-bond acceptors (Lipinski definition) is 3. The van der Waals surface area contributed by atoms with Gasteiger partial charge in [0.05, 0.1) is 6.54 Å². The quantitative estimate of drug-likeness (QED) is 0.880. The van der Waals surface area contributed by atoms with Gasteiger partial charge in [0.15, 0.2) is 0 Å². The second-order valence-corrected chi connectivity index (χ2v) is 4.27. The van der Waals surface area contributed by atoms with E-state index in [0.717, 1.165) is 29.3 Å². The summed E-state index contributed by atoms with van der Waals surface area (Å²) in [6.45, 7) is 4.98. The summed E-state index contributed by atoms with van der Waals surface area (Å²) in [5.74, 6) is 2.57. The molecule has 0 bridgehead atoms. The van der Waals surface area contributed by atoms with E-state index in [1.54, 1.807) is 0 Å². The van der Waals surface area contributed by atoms with Crippen molar-refractivity contribution in [1.29, 1.82) is 0 Å². The second-order valence-electron chi connectivity index (χ2n) is 4.27. The van der Waals surface area contributed by atoms with Crippen LogP contribution in [0.4, 0.5) is 0 Å². The third-order valence-electron chi connectivity index (χ3n) is 2.98. The first-order valence-corrected chi connectivity index (χ1v) is 6.23. The number of benzene rings is 1. The Morgan fingerprint density at radius 2 is 2.06 bits per heavy atom. The number of ether oxygens (including phenoxy) is 1. The number of rotatable bonds is 5. The second kappa shape index (κ2) is 5.74. The fourth-order valence-electron chi connectivity index (χ4n) is 1.95. The molecule has 2 aromatic rings. The molecule has 0 unspecified atom stereocenters. The number of nitrogens with two attached hydrogens (primary N) is 1. The van der Waals surface area contributed by atoms with Crippen LogP contribution in [0, 0.1) is 6.92 Å². The van der Waals surface area contributed by atoms with Crippen LogP contribution in [0.15, 0.2) is 34.7 Å². The molecule has 18 heavy (non-hydrogen) atoms. The molecule has 0 aliphatic rings. The SMILES string of the molecule is CCc1ccccc1OCc1cc(C)c(CN)o1. The zero-order valence-electron chi connectivity index (χ0n) is 10.9. The van der Waals surface area contributed by atoms with Gasteiger partial charge in [0.25, 0.3) is 0 Å². The normalized spacial score (nSPS) is 10.6. The minimum Gasteiger partial charge on any atom is -0.485 e. The maximum atomic E-state index is 5.79. The van der Waals surface area contributed by atoms with Crippen LogP contribution in [-0.2, 0) is 19.6 Å². The first kappa shape index (κ1) is 12.7. The van der Waals surface area contributed by atoms with Crippen LogP contribution in [0.1, 0.15) is 29.6 Å². The third-order valence-corrected chi connectivity index (χ3v) is 2.98. The topological polar surface area (TPSA) is 48.4 Å². The highest BCUT2D eigenvalue weighted by molar-refractivity contribution is 5.33. The van der Waals surface area contributed by atoms with Crippen molar-refractivity contribution in [2.45, 2.75) is 33.4 Å². The monoisotopic (exact) mass is 245 g/mol. The van der Waals surface area contributed by atoms with Gasteiger partial charge >= 0.3 is 0 Å². The smallest absolute Gasteiger partial charge is 0.146 e. The lowest BCUT2D eigenvalue weighted by molar-refractivity contribution is 0.264. The van der Waals surface area contributed by atoms with Gasteiger partial charge in [-0.15, -0.1) is 0 Å². The van der Waals surface area contributed by atoms with E-state index >= 15 is 0 Å². The van der Waals surface area contributed by atoms with Crippen molar-refractivity contribution in [3.8, 4) is 5.75 Å².